The number of nitrogens with one attached hydrogen (secondary N) is 1. The van der Waals surface area contributed by atoms with Gasteiger partial charge in [-0.25, -0.2) is 0 Å². The molecule has 0 aromatic heterocycles. The van der Waals surface area contributed by atoms with Crippen molar-refractivity contribution in [2.45, 2.75) is 124 Å². The Morgan fingerprint density at radius 3 is 1.54 bits per heavy atom. The van der Waals surface area contributed by atoms with E-state index in [0.717, 1.165) is 41.9 Å². The van der Waals surface area contributed by atoms with E-state index in [4.69, 9.17) is 0 Å². The van der Waals surface area contributed by atoms with Crippen molar-refractivity contribution in [2.75, 3.05) is 13.2 Å². The van der Waals surface area contributed by atoms with Crippen LogP contribution >= 0.6 is 0 Å². The monoisotopic (exact) mass is 508 g/mol. The van der Waals surface area contributed by atoms with Gasteiger partial charge in [0.25, 0.3) is 0 Å². The van der Waals surface area contributed by atoms with Gasteiger partial charge >= 0.3 is 0 Å². The van der Waals surface area contributed by atoms with E-state index in [9.17, 15) is 10.2 Å². The molecule has 206 valence electrons. The molecule has 1 fully saturated rings. The minimum atomic E-state index is -0.133. The molecule has 4 heteroatoms. The molecule has 0 spiro atoms. The van der Waals surface area contributed by atoms with Crippen molar-refractivity contribution in [3.05, 3.63) is 57.6 Å². The minimum absolute atomic E-state index is 0.00854. The van der Waals surface area contributed by atoms with E-state index in [0.29, 0.717) is 18.0 Å². The van der Waals surface area contributed by atoms with Crippen LogP contribution in [0.5, 0.6) is 11.5 Å². The molecule has 3 N–H and O–H groups in total. The van der Waals surface area contributed by atoms with Gasteiger partial charge in [-0.15, -0.1) is 0 Å². The third-order valence-corrected chi connectivity index (χ3v) is 7.67. The Balaban J connectivity index is 1.86. The summed E-state index contributed by atoms with van der Waals surface area (Å²) in [4.78, 5) is 2.37. The second-order valence-corrected chi connectivity index (χ2v) is 15.3. The van der Waals surface area contributed by atoms with Crippen LogP contribution in [0.4, 0.5) is 0 Å². The van der Waals surface area contributed by atoms with Crippen LogP contribution in [0.1, 0.15) is 116 Å². The average molecular weight is 509 g/mol. The zero-order valence-corrected chi connectivity index (χ0v) is 25.6. The maximum Gasteiger partial charge on any atom is 0.123 e. The van der Waals surface area contributed by atoms with Gasteiger partial charge in [-0.2, -0.15) is 0 Å². The summed E-state index contributed by atoms with van der Waals surface area (Å²) in [6, 6.07) is 8.99. The van der Waals surface area contributed by atoms with Crippen LogP contribution in [0.15, 0.2) is 24.3 Å². The molecule has 1 heterocycles. The first-order valence-corrected chi connectivity index (χ1v) is 13.9. The Bertz CT molecular complexity index is 1030. The maximum absolute atomic E-state index is 11.3. The van der Waals surface area contributed by atoms with Crippen LogP contribution in [-0.4, -0.2) is 34.4 Å². The standard InChI is InChI=1S/C33H52N2O2/c1-30(2,3)23-13-21(28(36)26(16-23)32(7,8)9)15-25-19-35(20-34-25)18-22-14-24(31(4,5)6)17-27(29(22)37)33(10,11)12/h13-14,16-17,25,34,36-37H,15,18-20H2,1-12H3. The van der Waals surface area contributed by atoms with Crippen molar-refractivity contribution in [3.63, 3.8) is 0 Å². The first kappa shape index (κ1) is 29.5. The average Bonchev–Trinajstić information content (AvgIpc) is 3.14. The molecule has 3 rings (SSSR count). The van der Waals surface area contributed by atoms with Gasteiger partial charge in [0.15, 0.2) is 0 Å². The lowest BCUT2D eigenvalue weighted by Gasteiger charge is -2.28. The lowest BCUT2D eigenvalue weighted by molar-refractivity contribution is 0.313. The predicted molar refractivity (Wildman–Crippen MR) is 157 cm³/mol. The molecule has 0 amide bonds. The number of rotatable bonds is 4. The van der Waals surface area contributed by atoms with Gasteiger partial charge in [-0.3, -0.25) is 10.2 Å². The van der Waals surface area contributed by atoms with Crippen LogP contribution in [0.2, 0.25) is 0 Å². The van der Waals surface area contributed by atoms with E-state index >= 15 is 0 Å². The van der Waals surface area contributed by atoms with Crippen molar-refractivity contribution < 1.29 is 10.2 Å². The Labute approximate surface area is 226 Å². The van der Waals surface area contributed by atoms with Crippen molar-refractivity contribution in [2.24, 2.45) is 0 Å². The largest absolute Gasteiger partial charge is 0.507 e. The molecule has 0 bridgehead atoms. The lowest BCUT2D eigenvalue weighted by Crippen LogP contribution is -2.27. The Hall–Kier alpha value is -2.04. The molecule has 2 aromatic rings. The number of phenols is 2. The molecule has 2 aromatic carbocycles. The molecule has 1 aliphatic heterocycles. The summed E-state index contributed by atoms with van der Waals surface area (Å²) >= 11 is 0. The molecular weight excluding hydrogens is 456 g/mol. The Kier molecular flexibility index (Phi) is 7.92. The number of benzene rings is 2. The van der Waals surface area contributed by atoms with Crippen LogP contribution in [0, 0.1) is 0 Å². The maximum atomic E-state index is 11.3. The fourth-order valence-electron chi connectivity index (χ4n) is 5.14. The molecule has 1 aliphatic rings. The minimum Gasteiger partial charge on any atom is -0.507 e. The Morgan fingerprint density at radius 2 is 1.11 bits per heavy atom. The summed E-state index contributed by atoms with van der Waals surface area (Å²) in [5.41, 5.74) is 6.32. The first-order chi connectivity index (χ1) is 16.7. The summed E-state index contributed by atoms with van der Waals surface area (Å²) in [5, 5.41) is 26.2. The third kappa shape index (κ3) is 6.89. The van der Waals surface area contributed by atoms with Gasteiger partial charge in [0, 0.05) is 31.4 Å². The van der Waals surface area contributed by atoms with E-state index in [1.165, 1.54) is 11.1 Å². The lowest BCUT2D eigenvalue weighted by atomic mass is 9.78. The fourth-order valence-corrected chi connectivity index (χ4v) is 5.14. The van der Waals surface area contributed by atoms with Crippen molar-refractivity contribution in [1.82, 2.24) is 10.2 Å². The molecule has 1 atom stereocenters. The number of aromatic hydroxyl groups is 2. The normalized spacial score (nSPS) is 18.0. The van der Waals surface area contributed by atoms with Crippen molar-refractivity contribution >= 4 is 0 Å². The van der Waals surface area contributed by atoms with Crippen molar-refractivity contribution in [1.29, 1.82) is 0 Å². The van der Waals surface area contributed by atoms with Gasteiger partial charge in [0.05, 0.1) is 0 Å². The van der Waals surface area contributed by atoms with Gasteiger partial charge < -0.3 is 10.2 Å². The topological polar surface area (TPSA) is 55.7 Å². The smallest absolute Gasteiger partial charge is 0.123 e. The second-order valence-electron chi connectivity index (χ2n) is 15.3. The number of nitrogens with zero attached hydrogens (tertiary/aromatic N) is 1. The molecule has 0 aliphatic carbocycles. The van der Waals surface area contributed by atoms with Crippen LogP contribution < -0.4 is 5.32 Å². The summed E-state index contributed by atoms with van der Waals surface area (Å²) in [5.74, 6) is 0.861. The van der Waals surface area contributed by atoms with Gasteiger partial charge in [-0.1, -0.05) is 107 Å². The zero-order chi connectivity index (χ0) is 28.1. The number of phenolic OH excluding ortho intramolecular Hbond substituents is 2. The van der Waals surface area contributed by atoms with E-state index < -0.39 is 0 Å². The molecule has 1 unspecified atom stereocenters. The molecule has 4 nitrogen and oxygen atoms in total. The predicted octanol–water partition coefficient (Wildman–Crippen LogP) is 7.26. The van der Waals surface area contributed by atoms with E-state index in [2.05, 4.69) is 118 Å². The quantitative estimate of drug-likeness (QED) is 0.407. The highest BCUT2D eigenvalue weighted by Crippen LogP contribution is 2.40. The summed E-state index contributed by atoms with van der Waals surface area (Å²) in [7, 11) is 0. The molecular formula is C33H52N2O2. The molecule has 37 heavy (non-hydrogen) atoms. The first-order valence-electron chi connectivity index (χ1n) is 13.9. The Morgan fingerprint density at radius 1 is 0.676 bits per heavy atom. The SMILES string of the molecule is CC(C)(C)c1cc(CC2CN(Cc3cc(C(C)(C)C)cc(C(C)(C)C)c3O)CN2)c(O)c(C(C)(C)C)c1. The highest BCUT2D eigenvalue weighted by Gasteiger charge is 2.30. The summed E-state index contributed by atoms with van der Waals surface area (Å²) in [6.45, 7) is 28.7. The summed E-state index contributed by atoms with van der Waals surface area (Å²) in [6.07, 6.45) is 0.774. The van der Waals surface area contributed by atoms with Crippen LogP contribution in [0.25, 0.3) is 0 Å². The van der Waals surface area contributed by atoms with E-state index in [1.54, 1.807) is 0 Å². The second kappa shape index (κ2) is 9.93. The van der Waals surface area contributed by atoms with Crippen LogP contribution in [-0.2, 0) is 34.6 Å². The third-order valence-electron chi connectivity index (χ3n) is 7.67. The highest BCUT2D eigenvalue weighted by atomic mass is 16.3. The van der Waals surface area contributed by atoms with Gasteiger partial charge in [-0.05, 0) is 55.9 Å². The molecule has 0 radical (unpaired) electrons. The zero-order valence-electron chi connectivity index (χ0n) is 25.6. The van der Waals surface area contributed by atoms with Crippen molar-refractivity contribution in [3.8, 4) is 11.5 Å². The van der Waals surface area contributed by atoms with Gasteiger partial charge in [0.1, 0.15) is 11.5 Å². The molecule has 0 saturated carbocycles. The van der Waals surface area contributed by atoms with E-state index in [1.807, 2.05) is 0 Å². The highest BCUT2D eigenvalue weighted by molar-refractivity contribution is 5.50. The number of hydrogen-bond acceptors (Lipinski definition) is 4. The number of hydrogen-bond donors (Lipinski definition) is 3. The fraction of sp³-hybridized carbons (Fsp3) is 0.636. The van der Waals surface area contributed by atoms with E-state index in [-0.39, 0.29) is 27.7 Å². The molecule has 1 saturated heterocycles. The van der Waals surface area contributed by atoms with Gasteiger partial charge in [0.2, 0.25) is 0 Å². The summed E-state index contributed by atoms with van der Waals surface area (Å²) < 4.78 is 0. The van der Waals surface area contributed by atoms with Crippen LogP contribution in [0.3, 0.4) is 0 Å².